The van der Waals surface area contributed by atoms with Gasteiger partial charge in [0.05, 0.1) is 4.90 Å². The molecule has 0 aromatic heterocycles. The zero-order valence-electron chi connectivity index (χ0n) is 14.4. The van der Waals surface area contributed by atoms with Gasteiger partial charge in [0, 0.05) is 10.0 Å². The third-order valence-electron chi connectivity index (χ3n) is 4.19. The summed E-state index contributed by atoms with van der Waals surface area (Å²) in [7, 11) is -4.28. The highest BCUT2D eigenvalue weighted by Crippen LogP contribution is 2.30. The number of hydrogen-bond acceptors (Lipinski definition) is 2. The molecule has 0 saturated carbocycles. The van der Waals surface area contributed by atoms with Gasteiger partial charge in [-0.1, -0.05) is 87.9 Å². The van der Waals surface area contributed by atoms with E-state index in [1.807, 2.05) is 0 Å². The van der Waals surface area contributed by atoms with Crippen molar-refractivity contribution in [1.82, 2.24) is 0 Å². The Morgan fingerprint density at radius 1 is 0.833 bits per heavy atom. The van der Waals surface area contributed by atoms with Crippen molar-refractivity contribution in [3.8, 4) is 0 Å². The summed E-state index contributed by atoms with van der Waals surface area (Å²) in [5, 5.41) is 0.595. The van der Waals surface area contributed by atoms with Crippen LogP contribution in [-0.2, 0) is 16.5 Å². The summed E-state index contributed by atoms with van der Waals surface area (Å²) in [4.78, 5) is -0.260. The Kier molecular flexibility index (Phi) is 10.3. The Hall–Kier alpha value is -0.290. The van der Waals surface area contributed by atoms with Gasteiger partial charge in [0.1, 0.15) is 0 Å². The van der Waals surface area contributed by atoms with Crippen molar-refractivity contribution in [2.24, 2.45) is 0 Å². The molecule has 1 rings (SSSR count). The van der Waals surface area contributed by atoms with Crippen molar-refractivity contribution in [3.05, 3.63) is 27.7 Å². The van der Waals surface area contributed by atoms with Crippen molar-refractivity contribution < 1.29 is 13.0 Å². The van der Waals surface area contributed by atoms with E-state index < -0.39 is 10.1 Å². The molecule has 1 N–H and O–H groups in total. The first kappa shape index (κ1) is 21.8. The zero-order valence-corrected chi connectivity index (χ0v) is 16.7. The maximum absolute atomic E-state index is 11.1. The molecule has 138 valence electrons. The van der Waals surface area contributed by atoms with E-state index in [1.54, 1.807) is 0 Å². The predicted octanol–water partition coefficient (Wildman–Crippen LogP) is 6.70. The lowest BCUT2D eigenvalue weighted by atomic mass is 10.0. The number of benzene rings is 1. The standard InChI is InChI=1S/C18H28Cl2O3S/c1-2-3-4-5-6-7-8-9-10-11-12-16-17(19)13-15(14-18(16)20)24(21,22)23/h13-14H,2-12H2,1H3,(H,21,22,23). The van der Waals surface area contributed by atoms with Gasteiger partial charge < -0.3 is 0 Å². The van der Waals surface area contributed by atoms with E-state index in [0.717, 1.165) is 24.8 Å². The molecule has 0 unspecified atom stereocenters. The largest absolute Gasteiger partial charge is 0.294 e. The number of unbranched alkanes of at least 4 members (excludes halogenated alkanes) is 9. The normalized spacial score (nSPS) is 11.8. The van der Waals surface area contributed by atoms with Gasteiger partial charge in [-0.25, -0.2) is 0 Å². The molecule has 0 aliphatic carbocycles. The summed E-state index contributed by atoms with van der Waals surface area (Å²) >= 11 is 12.2. The molecule has 1 aromatic carbocycles. The Labute approximate surface area is 156 Å². The van der Waals surface area contributed by atoms with Crippen molar-refractivity contribution >= 4 is 33.3 Å². The van der Waals surface area contributed by atoms with Crippen molar-refractivity contribution in [1.29, 1.82) is 0 Å². The summed E-state index contributed by atoms with van der Waals surface area (Å²) in [6.07, 6.45) is 13.2. The van der Waals surface area contributed by atoms with Gasteiger partial charge in [0.2, 0.25) is 0 Å². The van der Waals surface area contributed by atoms with Crippen molar-refractivity contribution in [2.45, 2.75) is 82.4 Å². The van der Waals surface area contributed by atoms with Crippen molar-refractivity contribution in [3.63, 3.8) is 0 Å². The minimum Gasteiger partial charge on any atom is -0.282 e. The molecule has 0 bridgehead atoms. The van der Waals surface area contributed by atoms with E-state index in [0.29, 0.717) is 10.0 Å². The molecule has 0 amide bonds. The fraction of sp³-hybridized carbons (Fsp3) is 0.667. The topological polar surface area (TPSA) is 54.4 Å². The summed E-state index contributed by atoms with van der Waals surface area (Å²) in [6.45, 7) is 2.23. The fourth-order valence-corrected chi connectivity index (χ4v) is 4.10. The van der Waals surface area contributed by atoms with Crippen LogP contribution in [0.5, 0.6) is 0 Å². The van der Waals surface area contributed by atoms with Gasteiger partial charge in [0.25, 0.3) is 10.1 Å². The average Bonchev–Trinajstić information content (AvgIpc) is 2.50. The fourth-order valence-electron chi connectivity index (χ4n) is 2.76. The number of rotatable bonds is 12. The number of halogens is 2. The molecule has 6 heteroatoms. The van der Waals surface area contributed by atoms with Crippen molar-refractivity contribution in [2.75, 3.05) is 0 Å². The first-order valence-corrected chi connectivity index (χ1v) is 11.0. The predicted molar refractivity (Wildman–Crippen MR) is 102 cm³/mol. The highest BCUT2D eigenvalue weighted by Gasteiger charge is 2.15. The second-order valence-electron chi connectivity index (χ2n) is 6.27. The van der Waals surface area contributed by atoms with Gasteiger partial charge in [0.15, 0.2) is 0 Å². The van der Waals surface area contributed by atoms with E-state index in [-0.39, 0.29) is 4.90 Å². The van der Waals surface area contributed by atoms with Crippen LogP contribution in [0, 0.1) is 0 Å². The van der Waals surface area contributed by atoms with E-state index in [9.17, 15) is 8.42 Å². The smallest absolute Gasteiger partial charge is 0.282 e. The lowest BCUT2D eigenvalue weighted by molar-refractivity contribution is 0.483. The van der Waals surface area contributed by atoms with Crippen LogP contribution in [-0.4, -0.2) is 13.0 Å². The molecule has 0 aliphatic rings. The zero-order chi connectivity index (χ0) is 18.0. The minimum absolute atomic E-state index is 0.260. The Balaban J connectivity index is 2.29. The van der Waals surface area contributed by atoms with Crippen LogP contribution in [0.1, 0.15) is 76.7 Å². The molecule has 0 fully saturated rings. The molecule has 0 saturated heterocycles. The third kappa shape index (κ3) is 8.19. The monoisotopic (exact) mass is 394 g/mol. The summed E-state index contributed by atoms with van der Waals surface area (Å²) in [5.41, 5.74) is 0.755. The van der Waals surface area contributed by atoms with Crippen LogP contribution in [0.25, 0.3) is 0 Å². The second kappa shape index (κ2) is 11.3. The van der Waals surface area contributed by atoms with Crippen LogP contribution < -0.4 is 0 Å². The maximum atomic E-state index is 11.1. The molecular weight excluding hydrogens is 367 g/mol. The molecule has 0 spiro atoms. The van der Waals surface area contributed by atoms with Gasteiger partial charge in [-0.15, -0.1) is 0 Å². The molecule has 1 aromatic rings. The minimum atomic E-state index is -4.28. The third-order valence-corrected chi connectivity index (χ3v) is 5.70. The van der Waals surface area contributed by atoms with Crippen LogP contribution in [0.4, 0.5) is 0 Å². The Morgan fingerprint density at radius 2 is 1.25 bits per heavy atom. The van der Waals surface area contributed by atoms with E-state index >= 15 is 0 Å². The molecule has 0 radical (unpaired) electrons. The van der Waals surface area contributed by atoms with Gasteiger partial charge in [-0.2, -0.15) is 8.42 Å². The Morgan fingerprint density at radius 3 is 1.67 bits per heavy atom. The van der Waals surface area contributed by atoms with Crippen LogP contribution in [0.3, 0.4) is 0 Å². The van der Waals surface area contributed by atoms with Gasteiger partial charge in [-0.3, -0.25) is 4.55 Å². The Bertz CT molecular complexity index is 577. The average molecular weight is 395 g/mol. The maximum Gasteiger partial charge on any atom is 0.294 e. The highest BCUT2D eigenvalue weighted by molar-refractivity contribution is 7.85. The second-order valence-corrected chi connectivity index (χ2v) is 8.51. The quantitative estimate of drug-likeness (QED) is 0.316. The van der Waals surface area contributed by atoms with E-state index in [4.69, 9.17) is 27.8 Å². The van der Waals surface area contributed by atoms with E-state index in [2.05, 4.69) is 6.92 Å². The highest BCUT2D eigenvalue weighted by atomic mass is 35.5. The van der Waals surface area contributed by atoms with Crippen LogP contribution in [0.2, 0.25) is 10.0 Å². The summed E-state index contributed by atoms with van der Waals surface area (Å²) in [6, 6.07) is 2.52. The van der Waals surface area contributed by atoms with Crippen LogP contribution >= 0.6 is 23.2 Å². The summed E-state index contributed by atoms with van der Waals surface area (Å²) in [5.74, 6) is 0. The first-order chi connectivity index (χ1) is 11.4. The molecule has 24 heavy (non-hydrogen) atoms. The molecule has 0 aliphatic heterocycles. The number of hydrogen-bond donors (Lipinski definition) is 1. The lowest BCUT2D eigenvalue weighted by Crippen LogP contribution is -2.00. The first-order valence-electron chi connectivity index (χ1n) is 8.81. The molecular formula is C18H28Cl2O3S. The van der Waals surface area contributed by atoms with Gasteiger partial charge in [-0.05, 0) is 30.5 Å². The molecule has 0 atom stereocenters. The summed E-state index contributed by atoms with van der Waals surface area (Å²) < 4.78 is 31.3. The SMILES string of the molecule is CCCCCCCCCCCCc1c(Cl)cc(S(=O)(=O)O)cc1Cl. The molecule has 3 nitrogen and oxygen atoms in total. The molecule has 0 heterocycles. The lowest BCUT2D eigenvalue weighted by Gasteiger charge is -2.09. The van der Waals surface area contributed by atoms with E-state index in [1.165, 1.54) is 63.5 Å². The van der Waals surface area contributed by atoms with Gasteiger partial charge >= 0.3 is 0 Å². The van der Waals surface area contributed by atoms with Crippen LogP contribution in [0.15, 0.2) is 17.0 Å².